The van der Waals surface area contributed by atoms with Crippen molar-refractivity contribution in [3.63, 3.8) is 0 Å². The predicted molar refractivity (Wildman–Crippen MR) is 85.7 cm³/mol. The molecule has 0 aliphatic rings. The van der Waals surface area contributed by atoms with E-state index in [1.54, 1.807) is 0 Å². The van der Waals surface area contributed by atoms with E-state index in [1.807, 2.05) is 42.5 Å². The number of oxazole rings is 1. The van der Waals surface area contributed by atoms with E-state index >= 15 is 0 Å². The van der Waals surface area contributed by atoms with E-state index in [-0.39, 0.29) is 5.91 Å². The molecule has 1 aromatic heterocycles. The van der Waals surface area contributed by atoms with Crippen LogP contribution in [-0.4, -0.2) is 10.9 Å². The summed E-state index contributed by atoms with van der Waals surface area (Å²) in [5.74, 6) is 0.388. The molecular formula is C18H18N2O2. The third-order valence-electron chi connectivity index (χ3n) is 3.69. The zero-order valence-corrected chi connectivity index (χ0v) is 12.7. The zero-order valence-electron chi connectivity index (χ0n) is 12.7. The minimum Gasteiger partial charge on any atom is -0.443 e. The number of hydrogen-bond donors (Lipinski definition) is 1. The molecular weight excluding hydrogens is 276 g/mol. The van der Waals surface area contributed by atoms with Gasteiger partial charge in [-0.25, -0.2) is 4.98 Å². The molecule has 0 atom stereocenters. The van der Waals surface area contributed by atoms with E-state index in [1.165, 1.54) is 12.0 Å². The summed E-state index contributed by atoms with van der Waals surface area (Å²) in [4.78, 5) is 16.2. The van der Waals surface area contributed by atoms with Crippen molar-refractivity contribution in [3.05, 3.63) is 65.5 Å². The maximum absolute atomic E-state index is 12.2. The van der Waals surface area contributed by atoms with Gasteiger partial charge in [-0.05, 0) is 41.3 Å². The van der Waals surface area contributed by atoms with Crippen molar-refractivity contribution in [1.29, 1.82) is 0 Å². The Hall–Kier alpha value is -2.62. The highest BCUT2D eigenvalue weighted by molar-refractivity contribution is 5.94. The van der Waals surface area contributed by atoms with E-state index in [2.05, 4.69) is 24.1 Å². The van der Waals surface area contributed by atoms with Crippen LogP contribution in [0.2, 0.25) is 0 Å². The lowest BCUT2D eigenvalue weighted by Gasteiger charge is -2.08. The SMILES string of the molecule is CC(C)c1ccc(C(=O)NCc2ccc3ncoc3c2)cc1. The van der Waals surface area contributed by atoms with Gasteiger partial charge in [-0.2, -0.15) is 0 Å². The Morgan fingerprint density at radius 1 is 1.18 bits per heavy atom. The molecule has 1 N–H and O–H groups in total. The summed E-state index contributed by atoms with van der Waals surface area (Å²) in [5, 5.41) is 2.92. The zero-order chi connectivity index (χ0) is 15.5. The lowest BCUT2D eigenvalue weighted by molar-refractivity contribution is 0.0951. The maximum atomic E-state index is 12.2. The van der Waals surface area contributed by atoms with Crippen LogP contribution < -0.4 is 5.32 Å². The maximum Gasteiger partial charge on any atom is 0.251 e. The third-order valence-corrected chi connectivity index (χ3v) is 3.69. The van der Waals surface area contributed by atoms with Crippen LogP contribution >= 0.6 is 0 Å². The van der Waals surface area contributed by atoms with Gasteiger partial charge >= 0.3 is 0 Å². The van der Waals surface area contributed by atoms with Crippen molar-refractivity contribution in [2.24, 2.45) is 0 Å². The Bertz CT molecular complexity index is 788. The first-order valence-corrected chi connectivity index (χ1v) is 7.34. The summed E-state index contributed by atoms with van der Waals surface area (Å²) in [6.45, 7) is 4.73. The lowest BCUT2D eigenvalue weighted by atomic mass is 10.0. The van der Waals surface area contributed by atoms with Gasteiger partial charge in [0.15, 0.2) is 12.0 Å². The van der Waals surface area contributed by atoms with E-state index in [0.717, 1.165) is 16.7 Å². The number of carbonyl (C=O) groups excluding carboxylic acids is 1. The van der Waals surface area contributed by atoms with Gasteiger partial charge in [-0.3, -0.25) is 4.79 Å². The number of nitrogens with zero attached hydrogens (tertiary/aromatic N) is 1. The molecule has 0 saturated heterocycles. The Morgan fingerprint density at radius 2 is 1.95 bits per heavy atom. The molecule has 0 unspecified atom stereocenters. The molecule has 0 aliphatic heterocycles. The first-order chi connectivity index (χ1) is 10.6. The fourth-order valence-corrected chi connectivity index (χ4v) is 2.31. The van der Waals surface area contributed by atoms with Crippen molar-refractivity contribution in [2.45, 2.75) is 26.3 Å². The van der Waals surface area contributed by atoms with Gasteiger partial charge in [0.1, 0.15) is 5.52 Å². The van der Waals surface area contributed by atoms with Crippen molar-refractivity contribution in [1.82, 2.24) is 10.3 Å². The first-order valence-electron chi connectivity index (χ1n) is 7.34. The van der Waals surface area contributed by atoms with Crippen molar-refractivity contribution in [3.8, 4) is 0 Å². The molecule has 1 amide bonds. The Labute approximate surface area is 129 Å². The summed E-state index contributed by atoms with van der Waals surface area (Å²) in [6, 6.07) is 13.4. The third kappa shape index (κ3) is 3.01. The number of carbonyl (C=O) groups is 1. The highest BCUT2D eigenvalue weighted by Crippen LogP contribution is 2.16. The van der Waals surface area contributed by atoms with Crippen LogP contribution in [0.3, 0.4) is 0 Å². The number of amides is 1. The van der Waals surface area contributed by atoms with Gasteiger partial charge in [-0.1, -0.05) is 32.0 Å². The summed E-state index contributed by atoms with van der Waals surface area (Å²) < 4.78 is 5.26. The number of benzene rings is 2. The van der Waals surface area contributed by atoms with Crippen LogP contribution in [0.4, 0.5) is 0 Å². The van der Waals surface area contributed by atoms with Crippen LogP contribution in [-0.2, 0) is 6.54 Å². The Kier molecular flexibility index (Phi) is 3.92. The van der Waals surface area contributed by atoms with Gasteiger partial charge in [-0.15, -0.1) is 0 Å². The van der Waals surface area contributed by atoms with Crippen molar-refractivity contribution < 1.29 is 9.21 Å². The second-order valence-corrected chi connectivity index (χ2v) is 5.61. The van der Waals surface area contributed by atoms with Crippen LogP contribution in [0.5, 0.6) is 0 Å². The molecule has 2 aromatic carbocycles. The van der Waals surface area contributed by atoms with Crippen LogP contribution in [0.25, 0.3) is 11.1 Å². The molecule has 0 bridgehead atoms. The fraction of sp³-hybridized carbons (Fsp3) is 0.222. The standard InChI is InChI=1S/C18H18N2O2/c1-12(2)14-4-6-15(7-5-14)18(21)19-10-13-3-8-16-17(9-13)22-11-20-16/h3-9,11-12H,10H2,1-2H3,(H,19,21). The molecule has 3 rings (SSSR count). The van der Waals surface area contributed by atoms with Crippen LogP contribution in [0.1, 0.15) is 41.3 Å². The molecule has 22 heavy (non-hydrogen) atoms. The molecule has 1 heterocycles. The molecule has 0 aliphatic carbocycles. The van der Waals surface area contributed by atoms with Gasteiger partial charge in [0.25, 0.3) is 5.91 Å². The first kappa shape index (κ1) is 14.3. The van der Waals surface area contributed by atoms with Gasteiger partial charge < -0.3 is 9.73 Å². The average Bonchev–Trinajstić information content (AvgIpc) is 3.00. The highest BCUT2D eigenvalue weighted by atomic mass is 16.3. The smallest absolute Gasteiger partial charge is 0.251 e. The van der Waals surface area contributed by atoms with Gasteiger partial charge in [0, 0.05) is 12.1 Å². The van der Waals surface area contributed by atoms with Crippen LogP contribution in [0.15, 0.2) is 53.3 Å². The van der Waals surface area contributed by atoms with Crippen LogP contribution in [0, 0.1) is 0 Å². The number of rotatable bonds is 4. The second-order valence-electron chi connectivity index (χ2n) is 5.61. The number of fused-ring (bicyclic) bond motifs is 1. The van der Waals surface area contributed by atoms with Gasteiger partial charge in [0.2, 0.25) is 0 Å². The Morgan fingerprint density at radius 3 is 2.68 bits per heavy atom. The molecule has 112 valence electrons. The Balaban J connectivity index is 1.66. The molecule has 0 saturated carbocycles. The number of hydrogen-bond acceptors (Lipinski definition) is 3. The molecule has 0 fully saturated rings. The van der Waals surface area contributed by atoms with E-state index in [4.69, 9.17) is 4.42 Å². The minimum absolute atomic E-state index is 0.0760. The van der Waals surface area contributed by atoms with E-state index in [0.29, 0.717) is 18.0 Å². The number of nitrogens with one attached hydrogen (secondary N) is 1. The number of aromatic nitrogens is 1. The predicted octanol–water partition coefficient (Wildman–Crippen LogP) is 3.88. The second kappa shape index (κ2) is 6.02. The van der Waals surface area contributed by atoms with E-state index in [9.17, 15) is 4.79 Å². The topological polar surface area (TPSA) is 55.1 Å². The van der Waals surface area contributed by atoms with Crippen molar-refractivity contribution >= 4 is 17.0 Å². The fourth-order valence-electron chi connectivity index (χ4n) is 2.31. The molecule has 4 nitrogen and oxygen atoms in total. The molecule has 4 heteroatoms. The quantitative estimate of drug-likeness (QED) is 0.794. The van der Waals surface area contributed by atoms with Crippen molar-refractivity contribution in [2.75, 3.05) is 0 Å². The highest BCUT2D eigenvalue weighted by Gasteiger charge is 2.07. The molecule has 3 aromatic rings. The van der Waals surface area contributed by atoms with E-state index < -0.39 is 0 Å². The summed E-state index contributed by atoms with van der Waals surface area (Å²) in [7, 11) is 0. The largest absolute Gasteiger partial charge is 0.443 e. The molecule has 0 radical (unpaired) electrons. The molecule has 0 spiro atoms. The minimum atomic E-state index is -0.0760. The summed E-state index contributed by atoms with van der Waals surface area (Å²) >= 11 is 0. The lowest BCUT2D eigenvalue weighted by Crippen LogP contribution is -2.22. The summed E-state index contributed by atoms with van der Waals surface area (Å²) in [6.07, 6.45) is 1.42. The van der Waals surface area contributed by atoms with Gasteiger partial charge in [0.05, 0.1) is 0 Å². The average molecular weight is 294 g/mol. The monoisotopic (exact) mass is 294 g/mol. The normalized spacial score (nSPS) is 11.0. The summed E-state index contributed by atoms with van der Waals surface area (Å²) in [5.41, 5.74) is 4.43.